The van der Waals surface area contributed by atoms with Crippen molar-refractivity contribution in [2.45, 2.75) is 6.54 Å². The van der Waals surface area contributed by atoms with Gasteiger partial charge in [0.25, 0.3) is 5.69 Å². The van der Waals surface area contributed by atoms with E-state index in [1.165, 1.54) is 12.1 Å². The van der Waals surface area contributed by atoms with Gasteiger partial charge in [0, 0.05) is 17.6 Å². The van der Waals surface area contributed by atoms with Crippen LogP contribution >= 0.6 is 27.5 Å². The van der Waals surface area contributed by atoms with Gasteiger partial charge < -0.3 is 10.1 Å². The lowest BCUT2D eigenvalue weighted by Gasteiger charge is -2.10. The third-order valence-electron chi connectivity index (χ3n) is 2.75. The molecule has 0 saturated carbocycles. The molecule has 0 aliphatic heterocycles. The highest BCUT2D eigenvalue weighted by atomic mass is 79.9. The second-order valence-corrected chi connectivity index (χ2v) is 5.52. The molecule has 2 aromatic rings. The number of nitrogens with zero attached hydrogens (tertiary/aromatic N) is 1. The van der Waals surface area contributed by atoms with E-state index in [1.54, 1.807) is 18.2 Å². The largest absolute Gasteiger partial charge is 0.456 e. The first-order chi connectivity index (χ1) is 10.0. The first kappa shape index (κ1) is 15.8. The van der Waals surface area contributed by atoms with Gasteiger partial charge in [-0.3, -0.25) is 10.1 Å². The van der Waals surface area contributed by atoms with Gasteiger partial charge in [-0.15, -0.1) is 0 Å². The Morgan fingerprint density at radius 3 is 2.71 bits per heavy atom. The van der Waals surface area contributed by atoms with Crippen LogP contribution in [-0.2, 0) is 6.54 Å². The molecule has 2 aromatic carbocycles. The Morgan fingerprint density at radius 2 is 2.10 bits per heavy atom. The van der Waals surface area contributed by atoms with E-state index in [2.05, 4.69) is 21.2 Å². The number of nitrogens with one attached hydrogen (secondary N) is 1. The zero-order valence-electron chi connectivity index (χ0n) is 11.1. The third-order valence-corrected chi connectivity index (χ3v) is 3.75. The monoisotopic (exact) mass is 370 g/mol. The molecule has 2 rings (SSSR count). The molecule has 21 heavy (non-hydrogen) atoms. The number of halogens is 2. The van der Waals surface area contributed by atoms with E-state index in [4.69, 9.17) is 16.3 Å². The number of hydrogen-bond donors (Lipinski definition) is 1. The Hall–Kier alpha value is -1.63. The molecule has 5 nitrogen and oxygen atoms in total. The number of non-ortho nitro benzene ring substituents is 1. The van der Waals surface area contributed by atoms with Gasteiger partial charge in [-0.2, -0.15) is 0 Å². The van der Waals surface area contributed by atoms with Crippen molar-refractivity contribution < 1.29 is 9.66 Å². The molecule has 0 spiro atoms. The van der Waals surface area contributed by atoms with Crippen molar-refractivity contribution in [1.29, 1.82) is 0 Å². The SMILES string of the molecule is CNCc1ccc(Oc2cc([N+](=O)[O-])ccc2Br)cc1Cl. The molecule has 0 unspecified atom stereocenters. The summed E-state index contributed by atoms with van der Waals surface area (Å²) < 4.78 is 6.29. The first-order valence-corrected chi connectivity index (χ1v) is 7.23. The lowest BCUT2D eigenvalue weighted by atomic mass is 10.2. The average molecular weight is 372 g/mol. The van der Waals surface area contributed by atoms with Gasteiger partial charge in [0.1, 0.15) is 11.5 Å². The van der Waals surface area contributed by atoms with Crippen LogP contribution in [0.5, 0.6) is 11.5 Å². The van der Waals surface area contributed by atoms with Crippen molar-refractivity contribution in [2.75, 3.05) is 7.05 Å². The molecular formula is C14H12BrClN2O3. The highest BCUT2D eigenvalue weighted by Crippen LogP contribution is 2.34. The van der Waals surface area contributed by atoms with E-state index >= 15 is 0 Å². The van der Waals surface area contributed by atoms with Gasteiger partial charge in [0.15, 0.2) is 0 Å². The van der Waals surface area contributed by atoms with Crippen molar-refractivity contribution in [1.82, 2.24) is 5.32 Å². The van der Waals surface area contributed by atoms with Gasteiger partial charge in [0.05, 0.1) is 15.5 Å². The fourth-order valence-electron chi connectivity index (χ4n) is 1.74. The summed E-state index contributed by atoms with van der Waals surface area (Å²) in [6, 6.07) is 9.63. The first-order valence-electron chi connectivity index (χ1n) is 6.06. The van der Waals surface area contributed by atoms with Crippen LogP contribution in [0.25, 0.3) is 0 Å². The van der Waals surface area contributed by atoms with E-state index in [1.807, 2.05) is 13.1 Å². The Morgan fingerprint density at radius 1 is 1.33 bits per heavy atom. The second kappa shape index (κ2) is 6.89. The van der Waals surface area contributed by atoms with Gasteiger partial charge >= 0.3 is 0 Å². The lowest BCUT2D eigenvalue weighted by molar-refractivity contribution is -0.384. The molecule has 0 saturated heterocycles. The number of nitro groups is 1. The maximum Gasteiger partial charge on any atom is 0.273 e. The van der Waals surface area contributed by atoms with Crippen LogP contribution in [0.2, 0.25) is 5.02 Å². The van der Waals surface area contributed by atoms with Crippen molar-refractivity contribution >= 4 is 33.2 Å². The average Bonchev–Trinajstić information content (AvgIpc) is 2.44. The van der Waals surface area contributed by atoms with E-state index in [0.717, 1.165) is 5.56 Å². The minimum absolute atomic E-state index is 0.0360. The van der Waals surface area contributed by atoms with E-state index < -0.39 is 4.92 Å². The van der Waals surface area contributed by atoms with Crippen molar-refractivity contribution in [3.05, 3.63) is 61.6 Å². The van der Waals surface area contributed by atoms with Gasteiger partial charge in [-0.1, -0.05) is 17.7 Å². The summed E-state index contributed by atoms with van der Waals surface area (Å²) in [4.78, 5) is 10.3. The third kappa shape index (κ3) is 3.93. The molecule has 0 bridgehead atoms. The van der Waals surface area contributed by atoms with Crippen molar-refractivity contribution in [2.24, 2.45) is 0 Å². The molecule has 0 amide bonds. The number of rotatable bonds is 5. The smallest absolute Gasteiger partial charge is 0.273 e. The van der Waals surface area contributed by atoms with Crippen molar-refractivity contribution in [3.63, 3.8) is 0 Å². The van der Waals surface area contributed by atoms with Crippen LogP contribution in [0.15, 0.2) is 40.9 Å². The van der Waals surface area contributed by atoms with Crippen LogP contribution in [0.4, 0.5) is 5.69 Å². The van der Waals surface area contributed by atoms with Crippen LogP contribution in [0, 0.1) is 10.1 Å². The molecule has 0 fully saturated rings. The van der Waals surface area contributed by atoms with Gasteiger partial charge in [-0.25, -0.2) is 0 Å². The Kier molecular flexibility index (Phi) is 5.17. The van der Waals surface area contributed by atoms with E-state index in [0.29, 0.717) is 27.5 Å². The second-order valence-electron chi connectivity index (χ2n) is 4.26. The molecule has 7 heteroatoms. The highest BCUT2D eigenvalue weighted by Gasteiger charge is 2.12. The number of hydrogen-bond acceptors (Lipinski definition) is 4. The minimum atomic E-state index is -0.470. The van der Waals surface area contributed by atoms with E-state index in [-0.39, 0.29) is 5.69 Å². The molecule has 0 aliphatic carbocycles. The molecule has 1 N–H and O–H groups in total. The Bertz CT molecular complexity index is 679. The Labute approximate surface area is 135 Å². The summed E-state index contributed by atoms with van der Waals surface area (Å²) in [6.07, 6.45) is 0. The van der Waals surface area contributed by atoms with Gasteiger partial charge in [-0.05, 0) is 46.7 Å². The quantitative estimate of drug-likeness (QED) is 0.620. The maximum atomic E-state index is 10.8. The predicted molar refractivity (Wildman–Crippen MR) is 85.1 cm³/mol. The lowest BCUT2D eigenvalue weighted by Crippen LogP contribution is -2.05. The molecular weight excluding hydrogens is 360 g/mol. The molecule has 110 valence electrons. The number of benzene rings is 2. The predicted octanol–water partition coefficient (Wildman–Crippen LogP) is 4.52. The molecule has 0 heterocycles. The molecule has 0 radical (unpaired) electrons. The van der Waals surface area contributed by atoms with E-state index in [9.17, 15) is 10.1 Å². The maximum absolute atomic E-state index is 10.8. The standard InChI is InChI=1S/C14H12BrClN2O3/c1-17-8-9-2-4-11(7-13(9)16)21-14-6-10(18(19)20)3-5-12(14)15/h2-7,17H,8H2,1H3. The summed E-state index contributed by atoms with van der Waals surface area (Å²) in [5.74, 6) is 0.877. The topological polar surface area (TPSA) is 64.4 Å². The van der Waals surface area contributed by atoms with Crippen LogP contribution in [0.1, 0.15) is 5.56 Å². The summed E-state index contributed by atoms with van der Waals surface area (Å²) in [5, 5.41) is 14.4. The zero-order chi connectivity index (χ0) is 15.4. The van der Waals surface area contributed by atoms with Gasteiger partial charge in [0.2, 0.25) is 0 Å². The van der Waals surface area contributed by atoms with Crippen LogP contribution in [-0.4, -0.2) is 12.0 Å². The van der Waals surface area contributed by atoms with Crippen LogP contribution < -0.4 is 10.1 Å². The van der Waals surface area contributed by atoms with Crippen molar-refractivity contribution in [3.8, 4) is 11.5 Å². The minimum Gasteiger partial charge on any atom is -0.456 e. The normalized spacial score (nSPS) is 10.4. The Balaban J connectivity index is 2.27. The molecule has 0 aromatic heterocycles. The zero-order valence-corrected chi connectivity index (χ0v) is 13.4. The molecule has 0 aliphatic rings. The fourth-order valence-corrected chi connectivity index (χ4v) is 2.30. The summed E-state index contributed by atoms with van der Waals surface area (Å²) >= 11 is 9.46. The highest BCUT2D eigenvalue weighted by molar-refractivity contribution is 9.10. The summed E-state index contributed by atoms with van der Waals surface area (Å²) in [7, 11) is 1.83. The van der Waals surface area contributed by atoms with Crippen LogP contribution in [0.3, 0.4) is 0 Å². The summed E-state index contributed by atoms with van der Waals surface area (Å²) in [5.41, 5.74) is 0.913. The fraction of sp³-hybridized carbons (Fsp3) is 0.143. The number of ether oxygens (including phenoxy) is 1. The summed E-state index contributed by atoms with van der Waals surface area (Å²) in [6.45, 7) is 0.652. The number of nitro benzene ring substituents is 1. The molecule has 0 atom stereocenters.